The van der Waals surface area contributed by atoms with Crippen LogP contribution in [-0.2, 0) is 6.42 Å². The average molecular weight is 233 g/mol. The van der Waals surface area contributed by atoms with Crippen molar-refractivity contribution in [3.8, 4) is 0 Å². The fraction of sp³-hybridized carbons (Fsp3) is 0.625. The van der Waals surface area contributed by atoms with Crippen molar-refractivity contribution in [2.75, 3.05) is 13.1 Å². The van der Waals surface area contributed by atoms with Crippen LogP contribution in [0.15, 0.2) is 30.3 Å². The Morgan fingerprint density at radius 3 is 2.29 bits per heavy atom. The zero-order valence-electron chi connectivity index (χ0n) is 11.3. The molecule has 0 aliphatic heterocycles. The molecule has 0 amide bonds. The molecular formula is C16H27N. The summed E-state index contributed by atoms with van der Waals surface area (Å²) in [6.45, 7) is 4.61. The molecule has 0 bridgehead atoms. The SMILES string of the molecule is CCCCCCCNCCCc1ccccc1. The number of hydrogen-bond acceptors (Lipinski definition) is 1. The summed E-state index contributed by atoms with van der Waals surface area (Å²) >= 11 is 0. The summed E-state index contributed by atoms with van der Waals surface area (Å²) in [4.78, 5) is 0. The van der Waals surface area contributed by atoms with Gasteiger partial charge in [0.2, 0.25) is 0 Å². The van der Waals surface area contributed by atoms with E-state index in [1.165, 1.54) is 57.1 Å². The van der Waals surface area contributed by atoms with E-state index in [0.717, 1.165) is 6.54 Å². The Morgan fingerprint density at radius 2 is 1.53 bits per heavy atom. The number of aryl methyl sites for hydroxylation is 1. The highest BCUT2D eigenvalue weighted by molar-refractivity contribution is 5.14. The summed E-state index contributed by atoms with van der Waals surface area (Å²) in [6.07, 6.45) is 9.31. The lowest BCUT2D eigenvalue weighted by molar-refractivity contribution is 0.574. The number of hydrogen-bond donors (Lipinski definition) is 1. The van der Waals surface area contributed by atoms with Crippen molar-refractivity contribution >= 4 is 0 Å². The van der Waals surface area contributed by atoms with Gasteiger partial charge in [0.25, 0.3) is 0 Å². The van der Waals surface area contributed by atoms with Gasteiger partial charge in [0, 0.05) is 0 Å². The van der Waals surface area contributed by atoms with E-state index in [9.17, 15) is 0 Å². The van der Waals surface area contributed by atoms with Gasteiger partial charge in [0.1, 0.15) is 0 Å². The second kappa shape index (κ2) is 10.3. The molecule has 96 valence electrons. The van der Waals surface area contributed by atoms with Gasteiger partial charge in [-0.15, -0.1) is 0 Å². The fourth-order valence-electron chi connectivity index (χ4n) is 2.04. The predicted molar refractivity (Wildman–Crippen MR) is 76.4 cm³/mol. The van der Waals surface area contributed by atoms with E-state index in [1.54, 1.807) is 0 Å². The molecule has 1 N–H and O–H groups in total. The standard InChI is InChI=1S/C16H27N/c1-2-3-4-5-9-14-17-15-10-13-16-11-7-6-8-12-16/h6-8,11-12,17H,2-5,9-10,13-15H2,1H3. The molecule has 0 atom stereocenters. The van der Waals surface area contributed by atoms with Crippen LogP contribution in [-0.4, -0.2) is 13.1 Å². The maximum atomic E-state index is 3.53. The number of rotatable bonds is 10. The molecule has 0 aliphatic rings. The van der Waals surface area contributed by atoms with E-state index in [4.69, 9.17) is 0 Å². The van der Waals surface area contributed by atoms with E-state index < -0.39 is 0 Å². The van der Waals surface area contributed by atoms with Crippen LogP contribution in [0.5, 0.6) is 0 Å². The molecule has 17 heavy (non-hydrogen) atoms. The second-order valence-corrected chi connectivity index (χ2v) is 4.75. The fourth-order valence-corrected chi connectivity index (χ4v) is 2.04. The van der Waals surface area contributed by atoms with Crippen molar-refractivity contribution in [2.24, 2.45) is 0 Å². The Kier molecular flexibility index (Phi) is 8.66. The van der Waals surface area contributed by atoms with Crippen LogP contribution in [0.25, 0.3) is 0 Å². The maximum Gasteiger partial charge on any atom is -0.00457 e. The molecule has 1 rings (SSSR count). The number of unbranched alkanes of at least 4 members (excludes halogenated alkanes) is 4. The van der Waals surface area contributed by atoms with Crippen molar-refractivity contribution in [3.05, 3.63) is 35.9 Å². The molecule has 0 fully saturated rings. The molecule has 0 aromatic heterocycles. The second-order valence-electron chi connectivity index (χ2n) is 4.75. The summed E-state index contributed by atoms with van der Waals surface area (Å²) in [7, 11) is 0. The lowest BCUT2D eigenvalue weighted by atomic mass is 10.1. The predicted octanol–water partition coefficient (Wildman–Crippen LogP) is 4.18. The normalized spacial score (nSPS) is 10.6. The molecule has 0 saturated carbocycles. The highest BCUT2D eigenvalue weighted by atomic mass is 14.8. The van der Waals surface area contributed by atoms with Crippen molar-refractivity contribution in [1.82, 2.24) is 5.32 Å². The minimum Gasteiger partial charge on any atom is -0.317 e. The van der Waals surface area contributed by atoms with Crippen molar-refractivity contribution < 1.29 is 0 Å². The maximum absolute atomic E-state index is 3.53. The lowest BCUT2D eigenvalue weighted by Crippen LogP contribution is -2.17. The first-order valence-corrected chi connectivity index (χ1v) is 7.18. The van der Waals surface area contributed by atoms with Gasteiger partial charge in [-0.2, -0.15) is 0 Å². The van der Waals surface area contributed by atoms with Crippen molar-refractivity contribution in [2.45, 2.75) is 51.9 Å². The molecule has 0 saturated heterocycles. The molecular weight excluding hydrogens is 206 g/mol. The van der Waals surface area contributed by atoms with Crippen LogP contribution in [0.1, 0.15) is 51.0 Å². The van der Waals surface area contributed by atoms with E-state index in [-0.39, 0.29) is 0 Å². The molecule has 1 heteroatoms. The summed E-state index contributed by atoms with van der Waals surface area (Å²) < 4.78 is 0. The molecule has 1 aromatic rings. The van der Waals surface area contributed by atoms with Gasteiger partial charge < -0.3 is 5.32 Å². The van der Waals surface area contributed by atoms with Gasteiger partial charge in [-0.25, -0.2) is 0 Å². The van der Waals surface area contributed by atoms with Crippen LogP contribution < -0.4 is 5.32 Å². The smallest absolute Gasteiger partial charge is 0.00457 e. The Bertz CT molecular complexity index is 255. The van der Waals surface area contributed by atoms with Crippen LogP contribution in [0.4, 0.5) is 0 Å². The third-order valence-corrected chi connectivity index (χ3v) is 3.12. The summed E-state index contributed by atoms with van der Waals surface area (Å²) in [5, 5.41) is 3.53. The first-order valence-electron chi connectivity index (χ1n) is 7.18. The van der Waals surface area contributed by atoms with E-state index in [0.29, 0.717) is 0 Å². The quantitative estimate of drug-likeness (QED) is 0.598. The average Bonchev–Trinajstić information content (AvgIpc) is 2.38. The van der Waals surface area contributed by atoms with Gasteiger partial charge in [-0.05, 0) is 37.9 Å². The lowest BCUT2D eigenvalue weighted by Gasteiger charge is -2.04. The molecule has 1 aromatic carbocycles. The monoisotopic (exact) mass is 233 g/mol. The Labute approximate surface area is 107 Å². The van der Waals surface area contributed by atoms with Crippen molar-refractivity contribution in [1.29, 1.82) is 0 Å². The minimum absolute atomic E-state index is 1.16. The summed E-state index contributed by atoms with van der Waals surface area (Å²) in [5.41, 5.74) is 1.46. The molecule has 0 unspecified atom stereocenters. The van der Waals surface area contributed by atoms with E-state index in [1.807, 2.05) is 0 Å². The van der Waals surface area contributed by atoms with Gasteiger partial charge in [-0.3, -0.25) is 0 Å². The number of benzene rings is 1. The van der Waals surface area contributed by atoms with Crippen LogP contribution in [0.2, 0.25) is 0 Å². The molecule has 1 nitrogen and oxygen atoms in total. The largest absolute Gasteiger partial charge is 0.317 e. The first-order chi connectivity index (χ1) is 8.43. The zero-order chi connectivity index (χ0) is 12.2. The first kappa shape index (κ1) is 14.2. The topological polar surface area (TPSA) is 12.0 Å². The Balaban J connectivity index is 1.85. The molecule has 0 radical (unpaired) electrons. The number of nitrogens with one attached hydrogen (secondary N) is 1. The van der Waals surface area contributed by atoms with Gasteiger partial charge in [0.05, 0.1) is 0 Å². The minimum atomic E-state index is 1.16. The van der Waals surface area contributed by atoms with Gasteiger partial charge >= 0.3 is 0 Å². The third-order valence-electron chi connectivity index (χ3n) is 3.12. The summed E-state index contributed by atoms with van der Waals surface area (Å²) in [5.74, 6) is 0. The van der Waals surface area contributed by atoms with Crippen LogP contribution in [0.3, 0.4) is 0 Å². The highest BCUT2D eigenvalue weighted by Gasteiger charge is 1.92. The van der Waals surface area contributed by atoms with E-state index in [2.05, 4.69) is 42.6 Å². The Morgan fingerprint density at radius 1 is 0.824 bits per heavy atom. The molecule has 0 spiro atoms. The zero-order valence-corrected chi connectivity index (χ0v) is 11.3. The van der Waals surface area contributed by atoms with Crippen LogP contribution in [0, 0.1) is 0 Å². The summed E-state index contributed by atoms with van der Waals surface area (Å²) in [6, 6.07) is 10.8. The van der Waals surface area contributed by atoms with Crippen LogP contribution >= 0.6 is 0 Å². The molecule has 0 heterocycles. The molecule has 0 aliphatic carbocycles. The van der Waals surface area contributed by atoms with E-state index >= 15 is 0 Å². The van der Waals surface area contributed by atoms with Gasteiger partial charge in [-0.1, -0.05) is 62.9 Å². The third kappa shape index (κ3) is 7.98. The van der Waals surface area contributed by atoms with Gasteiger partial charge in [0.15, 0.2) is 0 Å². The van der Waals surface area contributed by atoms with Crippen molar-refractivity contribution in [3.63, 3.8) is 0 Å². The Hall–Kier alpha value is -0.820. The highest BCUT2D eigenvalue weighted by Crippen LogP contribution is 2.02.